The molecule has 0 saturated heterocycles. The molecule has 2 N–H and O–H groups in total. The smallest absolute Gasteiger partial charge is 0.387 e. The van der Waals surface area contributed by atoms with E-state index in [1.807, 2.05) is 29.0 Å². The molecule has 1 aliphatic rings. The van der Waals surface area contributed by atoms with Gasteiger partial charge in [0.25, 0.3) is 0 Å². The number of rotatable bonds is 8. The van der Waals surface area contributed by atoms with Gasteiger partial charge in [-0.2, -0.15) is 8.78 Å². The van der Waals surface area contributed by atoms with Gasteiger partial charge in [-0.05, 0) is 11.6 Å². The summed E-state index contributed by atoms with van der Waals surface area (Å²) < 4.78 is 42.9. The molecule has 0 unspecified atom stereocenters. The summed E-state index contributed by atoms with van der Waals surface area (Å²) >= 11 is 0. The van der Waals surface area contributed by atoms with Gasteiger partial charge in [0.1, 0.15) is 11.6 Å². The number of ether oxygens (including phenoxy) is 3. The Morgan fingerprint density at radius 3 is 2.66 bits per heavy atom. The van der Waals surface area contributed by atoms with Crippen LogP contribution in [0.4, 0.5) is 8.78 Å². The van der Waals surface area contributed by atoms with E-state index in [9.17, 15) is 8.78 Å². The fourth-order valence-electron chi connectivity index (χ4n) is 3.30. The summed E-state index contributed by atoms with van der Waals surface area (Å²) in [4.78, 5) is 8.60. The van der Waals surface area contributed by atoms with E-state index in [0.717, 1.165) is 5.82 Å². The first-order valence-corrected chi connectivity index (χ1v) is 9.98. The second-order valence-electron chi connectivity index (χ2n) is 6.93. The monoisotopic (exact) mass is 443 g/mol. The van der Waals surface area contributed by atoms with Crippen LogP contribution < -0.4 is 24.8 Å². The van der Waals surface area contributed by atoms with E-state index in [4.69, 9.17) is 9.47 Å². The lowest BCUT2D eigenvalue weighted by molar-refractivity contribution is -0.0505. The normalized spacial score (nSPS) is 12.8. The van der Waals surface area contributed by atoms with Crippen LogP contribution in [-0.4, -0.2) is 36.0 Å². The molecule has 0 fully saturated rings. The summed E-state index contributed by atoms with van der Waals surface area (Å²) in [5, 5.41) is 6.29. The van der Waals surface area contributed by atoms with Crippen molar-refractivity contribution in [1.29, 1.82) is 0 Å². The van der Waals surface area contributed by atoms with Gasteiger partial charge >= 0.3 is 6.61 Å². The molecule has 0 spiro atoms. The number of benzene rings is 2. The number of nitrogens with zero attached hydrogens (tertiary/aromatic N) is 3. The molecule has 10 heteroatoms. The Kier molecular flexibility index (Phi) is 6.69. The van der Waals surface area contributed by atoms with E-state index in [1.54, 1.807) is 19.3 Å². The van der Waals surface area contributed by atoms with Gasteiger partial charge in [0.05, 0.1) is 6.54 Å². The summed E-state index contributed by atoms with van der Waals surface area (Å²) in [6, 6.07) is 13.1. The highest BCUT2D eigenvalue weighted by Crippen LogP contribution is 2.38. The lowest BCUT2D eigenvalue weighted by atomic mass is 10.1. The van der Waals surface area contributed by atoms with Gasteiger partial charge in [0.2, 0.25) is 6.79 Å². The van der Waals surface area contributed by atoms with Crippen molar-refractivity contribution in [3.8, 4) is 17.2 Å². The average Bonchev–Trinajstić information content (AvgIpc) is 3.43. The van der Waals surface area contributed by atoms with Crippen molar-refractivity contribution >= 4 is 5.96 Å². The van der Waals surface area contributed by atoms with E-state index in [2.05, 4.69) is 37.5 Å². The third-order valence-electron chi connectivity index (χ3n) is 4.85. The maximum absolute atomic E-state index is 12.8. The molecular weight excluding hydrogens is 420 g/mol. The van der Waals surface area contributed by atoms with E-state index in [-0.39, 0.29) is 19.1 Å². The number of imidazole rings is 1. The highest BCUT2D eigenvalue weighted by molar-refractivity contribution is 5.79. The van der Waals surface area contributed by atoms with Gasteiger partial charge in [0.15, 0.2) is 17.5 Å². The van der Waals surface area contributed by atoms with Crippen molar-refractivity contribution in [1.82, 2.24) is 20.2 Å². The SMILES string of the molecule is CN=C(NCc1cc2c(cc1OC(F)F)OCO2)NCc1nccn1Cc1ccccc1. The van der Waals surface area contributed by atoms with Crippen molar-refractivity contribution in [3.05, 3.63) is 71.8 Å². The average molecular weight is 443 g/mol. The number of nitrogens with one attached hydrogen (secondary N) is 2. The highest BCUT2D eigenvalue weighted by atomic mass is 19.3. The molecule has 0 atom stereocenters. The first-order chi connectivity index (χ1) is 15.6. The molecule has 3 aromatic rings. The summed E-state index contributed by atoms with van der Waals surface area (Å²) in [7, 11) is 1.63. The van der Waals surface area contributed by atoms with Crippen LogP contribution in [0.5, 0.6) is 17.2 Å². The summed E-state index contributed by atoms with van der Waals surface area (Å²) in [5.41, 5.74) is 1.66. The van der Waals surface area contributed by atoms with Gasteiger partial charge in [-0.1, -0.05) is 30.3 Å². The molecular formula is C22H23F2N5O3. The predicted molar refractivity (Wildman–Crippen MR) is 114 cm³/mol. The topological polar surface area (TPSA) is 81.9 Å². The summed E-state index contributed by atoms with van der Waals surface area (Å²) in [5.74, 6) is 2.19. The van der Waals surface area contributed by atoms with Crippen LogP contribution >= 0.6 is 0 Å². The molecule has 0 saturated carbocycles. The molecule has 168 valence electrons. The second kappa shape index (κ2) is 9.99. The number of hydrogen-bond donors (Lipinski definition) is 2. The van der Waals surface area contributed by atoms with Crippen LogP contribution in [0.25, 0.3) is 0 Å². The van der Waals surface area contributed by atoms with Gasteiger partial charge in [-0.3, -0.25) is 4.99 Å². The molecule has 0 aliphatic carbocycles. The lowest BCUT2D eigenvalue weighted by Gasteiger charge is -2.15. The number of alkyl halides is 2. The van der Waals surface area contributed by atoms with E-state index in [0.29, 0.717) is 36.1 Å². The Morgan fingerprint density at radius 1 is 1.16 bits per heavy atom. The molecule has 2 heterocycles. The van der Waals surface area contributed by atoms with E-state index < -0.39 is 6.61 Å². The molecule has 2 aromatic carbocycles. The van der Waals surface area contributed by atoms with Crippen LogP contribution in [0.1, 0.15) is 17.0 Å². The van der Waals surface area contributed by atoms with Crippen LogP contribution in [0.2, 0.25) is 0 Å². The number of guanidine groups is 1. The zero-order chi connectivity index (χ0) is 22.3. The van der Waals surface area contributed by atoms with Crippen LogP contribution in [0, 0.1) is 0 Å². The Balaban J connectivity index is 1.38. The summed E-state index contributed by atoms with van der Waals surface area (Å²) in [6.07, 6.45) is 3.66. The molecule has 1 aliphatic heterocycles. The van der Waals surface area contributed by atoms with Gasteiger partial charge in [-0.25, -0.2) is 4.98 Å². The van der Waals surface area contributed by atoms with E-state index in [1.165, 1.54) is 11.6 Å². The van der Waals surface area contributed by atoms with Crippen molar-refractivity contribution in [2.75, 3.05) is 13.8 Å². The molecule has 4 rings (SSSR count). The Hall–Kier alpha value is -3.82. The van der Waals surface area contributed by atoms with Crippen LogP contribution in [0.15, 0.2) is 59.9 Å². The maximum atomic E-state index is 12.8. The largest absolute Gasteiger partial charge is 0.454 e. The first kappa shape index (κ1) is 21.4. The molecule has 0 bridgehead atoms. The zero-order valence-corrected chi connectivity index (χ0v) is 17.4. The number of halogens is 2. The molecule has 0 radical (unpaired) electrons. The fraction of sp³-hybridized carbons (Fsp3) is 0.273. The number of aromatic nitrogens is 2. The maximum Gasteiger partial charge on any atom is 0.387 e. The van der Waals surface area contributed by atoms with Crippen molar-refractivity contribution in [3.63, 3.8) is 0 Å². The third kappa shape index (κ3) is 5.26. The standard InChI is InChI=1S/C22H23F2N5O3/c1-25-22(28-12-20-26-7-8-29(20)13-15-5-3-2-4-6-15)27-11-16-9-18-19(31-14-30-18)10-17(16)32-21(23)24/h2-10,21H,11-14H2,1H3,(H2,25,27,28). The minimum absolute atomic E-state index is 0.0191. The minimum atomic E-state index is -2.95. The third-order valence-corrected chi connectivity index (χ3v) is 4.85. The Morgan fingerprint density at radius 2 is 1.91 bits per heavy atom. The Labute approximate surface area is 183 Å². The second-order valence-corrected chi connectivity index (χ2v) is 6.93. The van der Waals surface area contributed by atoms with Crippen LogP contribution in [0.3, 0.4) is 0 Å². The quantitative estimate of drug-likeness (QED) is 0.411. The van der Waals surface area contributed by atoms with Gasteiger partial charge in [0, 0.05) is 44.2 Å². The first-order valence-electron chi connectivity index (χ1n) is 9.98. The minimum Gasteiger partial charge on any atom is -0.454 e. The van der Waals surface area contributed by atoms with Gasteiger partial charge < -0.3 is 29.4 Å². The van der Waals surface area contributed by atoms with Crippen LogP contribution in [-0.2, 0) is 19.6 Å². The van der Waals surface area contributed by atoms with Crippen molar-refractivity contribution < 1.29 is 23.0 Å². The summed E-state index contributed by atoms with van der Waals surface area (Å²) in [6.45, 7) is -1.58. The number of hydrogen-bond acceptors (Lipinski definition) is 5. The Bertz CT molecular complexity index is 1070. The predicted octanol–water partition coefficient (Wildman–Crippen LogP) is 3.13. The van der Waals surface area contributed by atoms with E-state index >= 15 is 0 Å². The molecule has 0 amide bonds. The zero-order valence-electron chi connectivity index (χ0n) is 17.4. The van der Waals surface area contributed by atoms with Gasteiger partial charge in [-0.15, -0.1) is 0 Å². The van der Waals surface area contributed by atoms with Crippen molar-refractivity contribution in [2.24, 2.45) is 4.99 Å². The fourth-order valence-corrected chi connectivity index (χ4v) is 3.30. The number of fused-ring (bicyclic) bond motifs is 1. The molecule has 32 heavy (non-hydrogen) atoms. The van der Waals surface area contributed by atoms with Crippen molar-refractivity contribution in [2.45, 2.75) is 26.2 Å². The highest BCUT2D eigenvalue weighted by Gasteiger charge is 2.20. The lowest BCUT2D eigenvalue weighted by Crippen LogP contribution is -2.37. The number of aliphatic imine (C=N–C) groups is 1. The molecule has 8 nitrogen and oxygen atoms in total. The molecule has 1 aromatic heterocycles.